The molecule has 1 aliphatic rings. The van der Waals surface area contributed by atoms with Gasteiger partial charge in [0.05, 0.1) is 0 Å². The minimum absolute atomic E-state index is 0.119. The normalized spacial score (nSPS) is 19.5. The second kappa shape index (κ2) is 3.70. The molecule has 3 heteroatoms. The molecular weight excluding hydrogens is 320 g/mol. The second-order valence-electron chi connectivity index (χ2n) is 4.20. The Hall–Kier alpha value is -0.150. The van der Waals surface area contributed by atoms with E-state index in [1.165, 1.54) is 11.1 Å². The SMILES string of the molecule is Cc1c(C)c(Br)c2c(c1Br)CC(C)C2=O. The third-order valence-corrected chi connectivity index (χ3v) is 5.28. The molecule has 0 radical (unpaired) electrons. The van der Waals surface area contributed by atoms with Gasteiger partial charge < -0.3 is 0 Å². The van der Waals surface area contributed by atoms with Crippen molar-refractivity contribution in [2.24, 2.45) is 5.92 Å². The summed E-state index contributed by atoms with van der Waals surface area (Å²) in [4.78, 5) is 12.0. The number of halogens is 2. The fourth-order valence-electron chi connectivity index (χ4n) is 2.08. The van der Waals surface area contributed by atoms with Crippen molar-refractivity contribution in [3.05, 3.63) is 31.2 Å². The Morgan fingerprint density at radius 1 is 1.13 bits per heavy atom. The van der Waals surface area contributed by atoms with Crippen LogP contribution in [0.4, 0.5) is 0 Å². The van der Waals surface area contributed by atoms with Gasteiger partial charge >= 0.3 is 0 Å². The van der Waals surface area contributed by atoms with Gasteiger partial charge in [0.25, 0.3) is 0 Å². The molecule has 1 atom stereocenters. The predicted octanol–water partition coefficient (Wildman–Crippen LogP) is 4.20. The summed E-state index contributed by atoms with van der Waals surface area (Å²) in [6.45, 7) is 6.12. The molecule has 0 heterocycles. The highest BCUT2D eigenvalue weighted by Gasteiger charge is 2.32. The molecule has 0 saturated carbocycles. The van der Waals surface area contributed by atoms with Gasteiger partial charge in [0.15, 0.2) is 5.78 Å². The summed E-state index contributed by atoms with van der Waals surface area (Å²) in [6.07, 6.45) is 0.856. The molecule has 1 nitrogen and oxygen atoms in total. The number of rotatable bonds is 0. The van der Waals surface area contributed by atoms with Gasteiger partial charge in [0.1, 0.15) is 0 Å². The molecule has 0 fully saturated rings. The zero-order chi connectivity index (χ0) is 11.3. The van der Waals surface area contributed by atoms with Crippen LogP contribution in [0.2, 0.25) is 0 Å². The van der Waals surface area contributed by atoms with E-state index < -0.39 is 0 Å². The molecule has 0 aromatic heterocycles. The monoisotopic (exact) mass is 330 g/mol. The molecule has 2 rings (SSSR count). The fraction of sp³-hybridized carbons (Fsp3) is 0.417. The molecule has 1 aromatic rings. The summed E-state index contributed by atoms with van der Waals surface area (Å²) >= 11 is 7.14. The van der Waals surface area contributed by atoms with Crippen molar-refractivity contribution in [3.8, 4) is 0 Å². The first-order valence-corrected chi connectivity index (χ1v) is 6.55. The lowest BCUT2D eigenvalue weighted by Crippen LogP contribution is -2.04. The molecule has 0 bridgehead atoms. The van der Waals surface area contributed by atoms with Crippen LogP contribution in [0.3, 0.4) is 0 Å². The predicted molar refractivity (Wildman–Crippen MR) is 68.5 cm³/mol. The summed E-state index contributed by atoms with van der Waals surface area (Å²) in [6, 6.07) is 0. The average Bonchev–Trinajstić information content (AvgIpc) is 2.50. The number of fused-ring (bicyclic) bond motifs is 1. The highest BCUT2D eigenvalue weighted by molar-refractivity contribution is 9.11. The number of ketones is 1. The number of benzene rings is 1. The van der Waals surface area contributed by atoms with Gasteiger partial charge in [0, 0.05) is 20.4 Å². The number of carbonyl (C=O) groups excluding carboxylic acids is 1. The third-order valence-electron chi connectivity index (χ3n) is 3.21. The first-order chi connectivity index (χ1) is 6.95. The van der Waals surface area contributed by atoms with Crippen LogP contribution in [-0.4, -0.2) is 5.78 Å². The second-order valence-corrected chi connectivity index (χ2v) is 5.79. The van der Waals surface area contributed by atoms with E-state index in [0.717, 1.165) is 26.5 Å². The van der Waals surface area contributed by atoms with Crippen LogP contribution >= 0.6 is 31.9 Å². The Bertz CT molecular complexity index is 463. The molecule has 1 aromatic carbocycles. The number of Topliss-reactive ketones (excluding diaryl/α,β-unsaturated/α-hetero) is 1. The van der Waals surface area contributed by atoms with Gasteiger partial charge in [-0.3, -0.25) is 4.79 Å². The summed E-state index contributed by atoms with van der Waals surface area (Å²) < 4.78 is 2.09. The van der Waals surface area contributed by atoms with Crippen molar-refractivity contribution in [1.82, 2.24) is 0 Å². The largest absolute Gasteiger partial charge is 0.294 e. The van der Waals surface area contributed by atoms with Gasteiger partial charge in [-0.25, -0.2) is 0 Å². The molecular formula is C12H12Br2O. The molecule has 1 aliphatic carbocycles. The van der Waals surface area contributed by atoms with Crippen LogP contribution in [-0.2, 0) is 6.42 Å². The highest BCUT2D eigenvalue weighted by Crippen LogP contribution is 2.41. The Kier molecular flexibility index (Phi) is 2.80. The topological polar surface area (TPSA) is 17.1 Å². The van der Waals surface area contributed by atoms with Gasteiger partial charge in [-0.05, 0) is 52.9 Å². The van der Waals surface area contributed by atoms with Crippen molar-refractivity contribution in [2.75, 3.05) is 0 Å². The molecule has 0 saturated heterocycles. The summed E-state index contributed by atoms with van der Waals surface area (Å²) in [5.74, 6) is 0.384. The van der Waals surface area contributed by atoms with E-state index in [0.29, 0.717) is 0 Å². The molecule has 0 amide bonds. The van der Waals surface area contributed by atoms with E-state index >= 15 is 0 Å². The van der Waals surface area contributed by atoms with E-state index in [1.54, 1.807) is 0 Å². The van der Waals surface area contributed by atoms with E-state index in [-0.39, 0.29) is 11.7 Å². The maximum atomic E-state index is 12.0. The van der Waals surface area contributed by atoms with Crippen LogP contribution in [0.15, 0.2) is 8.95 Å². The summed E-state index contributed by atoms with van der Waals surface area (Å²) in [7, 11) is 0. The summed E-state index contributed by atoms with van der Waals surface area (Å²) in [5, 5.41) is 0. The first kappa shape index (κ1) is 11.3. The van der Waals surface area contributed by atoms with Crippen molar-refractivity contribution in [1.29, 1.82) is 0 Å². The van der Waals surface area contributed by atoms with E-state index in [9.17, 15) is 4.79 Å². The lowest BCUT2D eigenvalue weighted by Gasteiger charge is -2.11. The number of hydrogen-bond donors (Lipinski definition) is 0. The number of hydrogen-bond acceptors (Lipinski definition) is 1. The van der Waals surface area contributed by atoms with Crippen LogP contribution in [0.25, 0.3) is 0 Å². The highest BCUT2D eigenvalue weighted by atomic mass is 79.9. The number of carbonyl (C=O) groups is 1. The zero-order valence-corrected chi connectivity index (χ0v) is 12.1. The van der Waals surface area contributed by atoms with E-state index in [2.05, 4.69) is 38.8 Å². The Morgan fingerprint density at radius 3 is 2.27 bits per heavy atom. The van der Waals surface area contributed by atoms with E-state index in [1.807, 2.05) is 13.8 Å². The quantitative estimate of drug-likeness (QED) is 0.696. The van der Waals surface area contributed by atoms with E-state index in [4.69, 9.17) is 0 Å². The lowest BCUT2D eigenvalue weighted by atomic mass is 10.0. The van der Waals surface area contributed by atoms with Crippen LogP contribution < -0.4 is 0 Å². The van der Waals surface area contributed by atoms with Gasteiger partial charge in [-0.2, -0.15) is 0 Å². The molecule has 80 valence electrons. The van der Waals surface area contributed by atoms with Gasteiger partial charge in [-0.15, -0.1) is 0 Å². The smallest absolute Gasteiger partial charge is 0.167 e. The molecule has 0 N–H and O–H groups in total. The average molecular weight is 332 g/mol. The maximum absolute atomic E-state index is 12.0. The minimum Gasteiger partial charge on any atom is -0.294 e. The minimum atomic E-state index is 0.119. The standard InChI is InChI=1S/C12H12Br2O/c1-5-4-8-9(12(5)15)11(14)7(3)6(2)10(8)13/h5H,4H2,1-3H3. The summed E-state index contributed by atoms with van der Waals surface area (Å²) in [5.41, 5.74) is 4.44. The Labute approximate surface area is 107 Å². The van der Waals surface area contributed by atoms with Gasteiger partial charge in [0.2, 0.25) is 0 Å². The third kappa shape index (κ3) is 1.51. The Balaban J connectivity index is 2.81. The van der Waals surface area contributed by atoms with Crippen LogP contribution in [0.5, 0.6) is 0 Å². The molecule has 15 heavy (non-hydrogen) atoms. The van der Waals surface area contributed by atoms with Crippen molar-refractivity contribution >= 4 is 37.6 Å². The first-order valence-electron chi connectivity index (χ1n) is 4.96. The zero-order valence-electron chi connectivity index (χ0n) is 8.95. The van der Waals surface area contributed by atoms with Crippen molar-refractivity contribution in [2.45, 2.75) is 27.2 Å². The lowest BCUT2D eigenvalue weighted by molar-refractivity contribution is 0.0945. The fourth-order valence-corrected chi connectivity index (χ4v) is 3.47. The molecule has 0 aliphatic heterocycles. The van der Waals surface area contributed by atoms with Crippen molar-refractivity contribution < 1.29 is 4.79 Å². The van der Waals surface area contributed by atoms with Crippen LogP contribution in [0.1, 0.15) is 34.0 Å². The van der Waals surface area contributed by atoms with Crippen molar-refractivity contribution in [3.63, 3.8) is 0 Å². The van der Waals surface area contributed by atoms with Crippen LogP contribution in [0, 0.1) is 19.8 Å². The molecule has 1 unspecified atom stereocenters. The molecule has 0 spiro atoms. The maximum Gasteiger partial charge on any atom is 0.167 e. The van der Waals surface area contributed by atoms with Gasteiger partial charge in [-0.1, -0.05) is 22.9 Å². The Morgan fingerprint density at radius 2 is 1.67 bits per heavy atom.